The molecular formula is C20H22F3N5O. The van der Waals surface area contributed by atoms with Crippen LogP contribution in [0.1, 0.15) is 31.5 Å². The third-order valence-electron chi connectivity index (χ3n) is 6.11. The molecule has 4 rings (SSSR count). The van der Waals surface area contributed by atoms with E-state index in [4.69, 9.17) is 0 Å². The molecule has 0 bridgehead atoms. The summed E-state index contributed by atoms with van der Waals surface area (Å²) in [5, 5.41) is 2.90. The zero-order valence-electron chi connectivity index (χ0n) is 16.2. The molecule has 29 heavy (non-hydrogen) atoms. The van der Waals surface area contributed by atoms with Crippen molar-refractivity contribution in [2.45, 2.75) is 33.0 Å². The van der Waals surface area contributed by atoms with E-state index in [9.17, 15) is 18.0 Å². The van der Waals surface area contributed by atoms with E-state index >= 15 is 0 Å². The topological polar surface area (TPSA) is 71.0 Å². The van der Waals surface area contributed by atoms with Crippen molar-refractivity contribution in [1.82, 2.24) is 20.3 Å². The summed E-state index contributed by atoms with van der Waals surface area (Å²) in [5.41, 5.74) is -0.931. The van der Waals surface area contributed by atoms with Gasteiger partial charge in [0.15, 0.2) is 0 Å². The third kappa shape index (κ3) is 3.42. The van der Waals surface area contributed by atoms with Crippen molar-refractivity contribution in [2.24, 2.45) is 16.7 Å². The average molecular weight is 405 g/mol. The number of nitrogens with zero attached hydrogens (tertiary/aromatic N) is 4. The lowest BCUT2D eigenvalue weighted by molar-refractivity contribution is -0.152. The fourth-order valence-corrected chi connectivity index (χ4v) is 4.86. The van der Waals surface area contributed by atoms with Crippen molar-refractivity contribution < 1.29 is 18.0 Å². The molecular weight excluding hydrogens is 383 g/mol. The molecule has 2 aromatic rings. The first-order valence-electron chi connectivity index (χ1n) is 9.44. The highest BCUT2D eigenvalue weighted by molar-refractivity contribution is 5.86. The van der Waals surface area contributed by atoms with Gasteiger partial charge < -0.3 is 10.2 Å². The van der Waals surface area contributed by atoms with Crippen LogP contribution in [0.2, 0.25) is 0 Å². The highest BCUT2D eigenvalue weighted by atomic mass is 19.4. The van der Waals surface area contributed by atoms with Gasteiger partial charge in [-0.3, -0.25) is 9.78 Å². The fourth-order valence-electron chi connectivity index (χ4n) is 4.86. The summed E-state index contributed by atoms with van der Waals surface area (Å²) in [6.07, 6.45) is 0.779. The Balaban J connectivity index is 1.46. The second-order valence-corrected chi connectivity index (χ2v) is 8.54. The van der Waals surface area contributed by atoms with Crippen LogP contribution in [0.5, 0.6) is 0 Å². The molecule has 0 radical (unpaired) electrons. The normalized spacial score (nSPS) is 25.3. The molecule has 0 unspecified atom stereocenters. The molecule has 1 saturated heterocycles. The molecule has 0 spiro atoms. The van der Waals surface area contributed by atoms with Gasteiger partial charge in [0.1, 0.15) is 5.69 Å². The van der Waals surface area contributed by atoms with Gasteiger partial charge in [-0.05, 0) is 35.4 Å². The van der Waals surface area contributed by atoms with E-state index in [2.05, 4.69) is 34.1 Å². The summed E-state index contributed by atoms with van der Waals surface area (Å²) < 4.78 is 37.9. The molecule has 1 aliphatic carbocycles. The number of pyridine rings is 1. The number of hydrogen-bond donors (Lipinski definition) is 1. The van der Waals surface area contributed by atoms with Gasteiger partial charge in [-0.1, -0.05) is 19.9 Å². The number of anilines is 1. The Bertz CT molecular complexity index is 901. The standard InChI is InChI=1S/C20H22F3N5O/c1-18(2)11-19(12-28(10-14(18)19)17-24-6-3-7-25-17)16(29)27-9-13-4-5-15(26-8-13)20(21,22)23/h3-8,14H,9-12H2,1-2H3,(H,27,29)/t14-,19+/m1/s1. The number of amides is 1. The van der Waals surface area contributed by atoms with Crippen LogP contribution >= 0.6 is 0 Å². The van der Waals surface area contributed by atoms with Crippen LogP contribution in [-0.2, 0) is 17.5 Å². The Morgan fingerprint density at radius 3 is 2.55 bits per heavy atom. The summed E-state index contributed by atoms with van der Waals surface area (Å²) in [6, 6.07) is 4.02. The third-order valence-corrected chi connectivity index (χ3v) is 6.11. The molecule has 0 aromatic carbocycles. The first-order valence-corrected chi connectivity index (χ1v) is 9.44. The van der Waals surface area contributed by atoms with E-state index in [1.807, 2.05) is 4.90 Å². The maximum Gasteiger partial charge on any atom is 0.433 e. The maximum absolute atomic E-state index is 13.1. The number of carbonyl (C=O) groups excluding carboxylic acids is 1. The van der Waals surface area contributed by atoms with Crippen molar-refractivity contribution in [1.29, 1.82) is 0 Å². The first-order chi connectivity index (χ1) is 13.6. The minimum atomic E-state index is -4.47. The minimum absolute atomic E-state index is 0.0246. The van der Waals surface area contributed by atoms with Crippen molar-refractivity contribution in [3.05, 3.63) is 48.0 Å². The van der Waals surface area contributed by atoms with Crippen LogP contribution in [0.15, 0.2) is 36.8 Å². The molecule has 2 aliphatic rings. The number of fused-ring (bicyclic) bond motifs is 1. The molecule has 1 N–H and O–H groups in total. The molecule has 2 aromatic heterocycles. The van der Waals surface area contributed by atoms with Crippen LogP contribution in [0.4, 0.5) is 19.1 Å². The fraction of sp³-hybridized carbons (Fsp3) is 0.500. The molecule has 1 aliphatic heterocycles. The second-order valence-electron chi connectivity index (χ2n) is 8.54. The van der Waals surface area contributed by atoms with Crippen molar-refractivity contribution in [3.8, 4) is 0 Å². The molecule has 3 heterocycles. The Hall–Kier alpha value is -2.71. The number of aromatic nitrogens is 3. The van der Waals surface area contributed by atoms with Crippen molar-refractivity contribution >= 4 is 11.9 Å². The van der Waals surface area contributed by atoms with Gasteiger partial charge in [-0.15, -0.1) is 0 Å². The summed E-state index contributed by atoms with van der Waals surface area (Å²) in [4.78, 5) is 27.2. The van der Waals surface area contributed by atoms with Gasteiger partial charge in [0.05, 0.1) is 5.41 Å². The lowest BCUT2D eigenvalue weighted by Crippen LogP contribution is -2.60. The first kappa shape index (κ1) is 19.6. The smallest absolute Gasteiger partial charge is 0.351 e. The Kier molecular flexibility index (Phi) is 4.51. The zero-order chi connectivity index (χ0) is 20.9. The summed E-state index contributed by atoms with van der Waals surface area (Å²) in [5.74, 6) is 0.682. The lowest BCUT2D eigenvalue weighted by atomic mass is 9.47. The van der Waals surface area contributed by atoms with E-state index in [0.717, 1.165) is 18.7 Å². The van der Waals surface area contributed by atoms with E-state index in [0.29, 0.717) is 24.6 Å². The molecule has 1 saturated carbocycles. The monoisotopic (exact) mass is 405 g/mol. The number of halogens is 3. The van der Waals surface area contributed by atoms with Crippen LogP contribution in [-0.4, -0.2) is 33.9 Å². The van der Waals surface area contributed by atoms with Gasteiger partial charge in [0.25, 0.3) is 0 Å². The quantitative estimate of drug-likeness (QED) is 0.847. The Morgan fingerprint density at radius 2 is 1.97 bits per heavy atom. The number of rotatable bonds is 4. The minimum Gasteiger partial charge on any atom is -0.351 e. The van der Waals surface area contributed by atoms with E-state index in [1.165, 1.54) is 6.07 Å². The molecule has 2 fully saturated rings. The van der Waals surface area contributed by atoms with Gasteiger partial charge >= 0.3 is 6.18 Å². The lowest BCUT2D eigenvalue weighted by Gasteiger charge is -2.55. The van der Waals surface area contributed by atoms with E-state index < -0.39 is 17.3 Å². The molecule has 154 valence electrons. The zero-order valence-corrected chi connectivity index (χ0v) is 16.2. The van der Waals surface area contributed by atoms with Gasteiger partial charge in [0, 0.05) is 38.2 Å². The highest BCUT2D eigenvalue weighted by Crippen LogP contribution is 2.63. The van der Waals surface area contributed by atoms with Gasteiger partial charge in [-0.25, -0.2) is 9.97 Å². The predicted octanol–water partition coefficient (Wildman–Crippen LogP) is 3.06. The van der Waals surface area contributed by atoms with Crippen molar-refractivity contribution in [2.75, 3.05) is 18.0 Å². The van der Waals surface area contributed by atoms with E-state index in [-0.39, 0.29) is 23.8 Å². The highest BCUT2D eigenvalue weighted by Gasteiger charge is 2.66. The average Bonchev–Trinajstić information content (AvgIpc) is 3.02. The van der Waals surface area contributed by atoms with Crippen LogP contribution in [0.3, 0.4) is 0 Å². The van der Waals surface area contributed by atoms with Gasteiger partial charge in [-0.2, -0.15) is 13.2 Å². The largest absolute Gasteiger partial charge is 0.433 e. The number of alkyl halides is 3. The second kappa shape index (κ2) is 6.67. The van der Waals surface area contributed by atoms with Gasteiger partial charge in [0.2, 0.25) is 11.9 Å². The molecule has 6 nitrogen and oxygen atoms in total. The predicted molar refractivity (Wildman–Crippen MR) is 99.7 cm³/mol. The number of nitrogens with one attached hydrogen (secondary N) is 1. The van der Waals surface area contributed by atoms with Crippen LogP contribution in [0, 0.1) is 16.7 Å². The Labute approximate surface area is 166 Å². The molecule has 2 atom stereocenters. The number of carbonyl (C=O) groups is 1. The summed E-state index contributed by atoms with van der Waals surface area (Å²) in [6.45, 7) is 5.67. The molecule has 1 amide bonds. The van der Waals surface area contributed by atoms with Crippen molar-refractivity contribution in [3.63, 3.8) is 0 Å². The Morgan fingerprint density at radius 1 is 1.24 bits per heavy atom. The maximum atomic E-state index is 13.1. The number of hydrogen-bond acceptors (Lipinski definition) is 5. The van der Waals surface area contributed by atoms with Crippen LogP contribution in [0.25, 0.3) is 0 Å². The molecule has 9 heteroatoms. The van der Waals surface area contributed by atoms with Crippen LogP contribution < -0.4 is 10.2 Å². The summed E-state index contributed by atoms with van der Waals surface area (Å²) >= 11 is 0. The van der Waals surface area contributed by atoms with E-state index in [1.54, 1.807) is 18.5 Å². The SMILES string of the molecule is CC1(C)C[C@]2(C(=O)NCc3ccc(C(F)(F)F)nc3)CN(c3ncccn3)C[C@H]12. The summed E-state index contributed by atoms with van der Waals surface area (Å²) in [7, 11) is 0.